The number of aryl methyl sites for hydroxylation is 1. The first-order chi connectivity index (χ1) is 9.18. The minimum Gasteiger partial charge on any atom is -0.364 e. The Bertz CT molecular complexity index is 728. The first-order valence-corrected chi connectivity index (χ1v) is 6.40. The summed E-state index contributed by atoms with van der Waals surface area (Å²) in [6.07, 6.45) is 4.80. The Hall–Kier alpha value is -2.16. The van der Waals surface area contributed by atoms with Crippen LogP contribution in [-0.2, 0) is 0 Å². The van der Waals surface area contributed by atoms with E-state index in [1.807, 2.05) is 25.1 Å². The standard InChI is InChI=1S/C16H15N2O/c1-10(2)13-9-19-18-16(13)15-11(3)8-17-14-7-5-4-6-12(14)15/h4-7,9-10H,1-3H3. The van der Waals surface area contributed by atoms with Crippen LogP contribution in [0.5, 0.6) is 0 Å². The summed E-state index contributed by atoms with van der Waals surface area (Å²) in [5, 5.41) is 5.29. The summed E-state index contributed by atoms with van der Waals surface area (Å²) in [7, 11) is 0. The van der Waals surface area contributed by atoms with Gasteiger partial charge in [-0.1, -0.05) is 37.2 Å². The molecule has 2 aromatic heterocycles. The third-order valence-corrected chi connectivity index (χ3v) is 3.35. The molecule has 0 aliphatic heterocycles. The Kier molecular flexibility index (Phi) is 2.82. The van der Waals surface area contributed by atoms with Crippen molar-refractivity contribution in [1.29, 1.82) is 0 Å². The molecule has 19 heavy (non-hydrogen) atoms. The number of pyridine rings is 1. The van der Waals surface area contributed by atoms with Gasteiger partial charge in [0.25, 0.3) is 0 Å². The molecule has 95 valence electrons. The van der Waals surface area contributed by atoms with Gasteiger partial charge in [0.1, 0.15) is 12.0 Å². The summed E-state index contributed by atoms with van der Waals surface area (Å²) in [6.45, 7) is 6.28. The van der Waals surface area contributed by atoms with Crippen molar-refractivity contribution in [2.45, 2.75) is 26.7 Å². The van der Waals surface area contributed by atoms with Crippen molar-refractivity contribution in [2.24, 2.45) is 0 Å². The summed E-state index contributed by atoms with van der Waals surface area (Å²) in [6, 6.07) is 8.05. The lowest BCUT2D eigenvalue weighted by atomic mass is 9.95. The van der Waals surface area contributed by atoms with Crippen molar-refractivity contribution in [1.82, 2.24) is 10.1 Å². The summed E-state index contributed by atoms with van der Waals surface area (Å²) < 4.78 is 5.18. The van der Waals surface area contributed by atoms with Crippen LogP contribution in [0.4, 0.5) is 0 Å². The maximum Gasteiger partial charge on any atom is 0.127 e. The van der Waals surface area contributed by atoms with Gasteiger partial charge in [0.05, 0.1) is 11.7 Å². The fourth-order valence-corrected chi connectivity index (χ4v) is 2.33. The minimum absolute atomic E-state index is 0.368. The van der Waals surface area contributed by atoms with Gasteiger partial charge < -0.3 is 4.52 Å². The van der Waals surface area contributed by atoms with Crippen LogP contribution in [0.1, 0.15) is 30.9 Å². The molecule has 0 saturated carbocycles. The van der Waals surface area contributed by atoms with E-state index in [2.05, 4.69) is 36.3 Å². The Labute approximate surface area is 112 Å². The number of nitrogens with zero attached hydrogens (tertiary/aromatic N) is 2. The van der Waals surface area contributed by atoms with E-state index in [0.29, 0.717) is 5.92 Å². The quantitative estimate of drug-likeness (QED) is 0.687. The molecule has 0 aliphatic rings. The zero-order valence-corrected chi connectivity index (χ0v) is 11.3. The van der Waals surface area contributed by atoms with E-state index in [4.69, 9.17) is 4.52 Å². The summed E-state index contributed by atoms with van der Waals surface area (Å²) in [5.41, 5.74) is 5.02. The van der Waals surface area contributed by atoms with Gasteiger partial charge in [-0.05, 0) is 24.5 Å². The highest BCUT2D eigenvalue weighted by atomic mass is 16.5. The molecule has 0 fully saturated rings. The third-order valence-electron chi connectivity index (χ3n) is 3.35. The normalized spacial score (nSPS) is 11.4. The highest BCUT2D eigenvalue weighted by molar-refractivity contribution is 5.95. The van der Waals surface area contributed by atoms with Gasteiger partial charge in [-0.3, -0.25) is 0 Å². The fourth-order valence-electron chi connectivity index (χ4n) is 2.33. The van der Waals surface area contributed by atoms with E-state index in [1.165, 1.54) is 0 Å². The zero-order valence-electron chi connectivity index (χ0n) is 11.3. The molecule has 1 radical (unpaired) electrons. The fraction of sp³-hybridized carbons (Fsp3) is 0.250. The molecule has 3 aromatic rings. The smallest absolute Gasteiger partial charge is 0.127 e. The summed E-state index contributed by atoms with van der Waals surface area (Å²) >= 11 is 0. The Morgan fingerprint density at radius 1 is 1.21 bits per heavy atom. The third kappa shape index (κ3) is 1.91. The number of hydrogen-bond acceptors (Lipinski definition) is 3. The molecule has 0 bridgehead atoms. The maximum atomic E-state index is 5.18. The van der Waals surface area contributed by atoms with Gasteiger partial charge in [-0.25, -0.2) is 4.98 Å². The van der Waals surface area contributed by atoms with Crippen LogP contribution >= 0.6 is 0 Å². The van der Waals surface area contributed by atoms with Crippen LogP contribution in [0.25, 0.3) is 22.2 Å². The first-order valence-electron chi connectivity index (χ1n) is 6.40. The van der Waals surface area contributed by atoms with Crippen molar-refractivity contribution >= 4 is 10.9 Å². The minimum atomic E-state index is 0.368. The van der Waals surface area contributed by atoms with Gasteiger partial charge in [-0.15, -0.1) is 0 Å². The molecule has 0 spiro atoms. The average molecular weight is 251 g/mol. The van der Waals surface area contributed by atoms with E-state index in [-0.39, 0.29) is 0 Å². The second-order valence-electron chi connectivity index (χ2n) is 5.01. The predicted molar refractivity (Wildman–Crippen MR) is 74.9 cm³/mol. The van der Waals surface area contributed by atoms with Crippen molar-refractivity contribution in [3.05, 3.63) is 47.9 Å². The lowest BCUT2D eigenvalue weighted by Crippen LogP contribution is -1.94. The number of aromatic nitrogens is 2. The largest absolute Gasteiger partial charge is 0.364 e. The zero-order chi connectivity index (χ0) is 13.4. The van der Waals surface area contributed by atoms with E-state index in [9.17, 15) is 0 Å². The molecule has 0 aliphatic carbocycles. The number of rotatable bonds is 2. The molecule has 3 heteroatoms. The summed E-state index contributed by atoms with van der Waals surface area (Å²) in [4.78, 5) is 4.34. The van der Waals surface area contributed by atoms with Crippen LogP contribution in [0.15, 0.2) is 35.1 Å². The maximum absolute atomic E-state index is 5.18. The van der Waals surface area contributed by atoms with E-state index < -0.39 is 0 Å². The van der Waals surface area contributed by atoms with Crippen LogP contribution in [0.3, 0.4) is 0 Å². The highest BCUT2D eigenvalue weighted by Crippen LogP contribution is 2.34. The summed E-state index contributed by atoms with van der Waals surface area (Å²) in [5.74, 6) is 0.368. The van der Waals surface area contributed by atoms with E-state index in [0.717, 1.165) is 33.3 Å². The molecule has 0 atom stereocenters. The molecule has 0 saturated heterocycles. The van der Waals surface area contributed by atoms with Crippen molar-refractivity contribution < 1.29 is 4.52 Å². The second kappa shape index (κ2) is 4.50. The van der Waals surface area contributed by atoms with Gasteiger partial charge in [-0.2, -0.15) is 0 Å². The number of hydrogen-bond donors (Lipinski definition) is 0. The van der Waals surface area contributed by atoms with Crippen molar-refractivity contribution in [3.63, 3.8) is 0 Å². The van der Waals surface area contributed by atoms with Crippen molar-refractivity contribution in [3.8, 4) is 11.3 Å². The molecule has 0 N–H and O–H groups in total. The molecule has 1 aromatic carbocycles. The second-order valence-corrected chi connectivity index (χ2v) is 5.01. The van der Waals surface area contributed by atoms with Crippen LogP contribution in [0.2, 0.25) is 0 Å². The molecule has 0 amide bonds. The molecular weight excluding hydrogens is 236 g/mol. The SMILES string of the molecule is Cc1[c]nc2ccccc2c1-c1nocc1C(C)C. The van der Waals surface area contributed by atoms with Crippen LogP contribution in [-0.4, -0.2) is 10.1 Å². The van der Waals surface area contributed by atoms with E-state index >= 15 is 0 Å². The number of fused-ring (bicyclic) bond motifs is 1. The Morgan fingerprint density at radius 2 is 2.00 bits per heavy atom. The van der Waals surface area contributed by atoms with Gasteiger partial charge in [0.2, 0.25) is 0 Å². The Balaban J connectivity index is 2.35. The average Bonchev–Trinajstić information content (AvgIpc) is 2.87. The topological polar surface area (TPSA) is 38.9 Å². The number of benzene rings is 1. The van der Waals surface area contributed by atoms with Crippen molar-refractivity contribution in [2.75, 3.05) is 0 Å². The number of para-hydroxylation sites is 1. The van der Waals surface area contributed by atoms with Crippen LogP contribution in [0, 0.1) is 13.1 Å². The van der Waals surface area contributed by atoms with Gasteiger partial charge in [0.15, 0.2) is 0 Å². The first kappa shape index (κ1) is 11.9. The van der Waals surface area contributed by atoms with Gasteiger partial charge >= 0.3 is 0 Å². The van der Waals surface area contributed by atoms with Crippen LogP contribution < -0.4 is 0 Å². The lowest BCUT2D eigenvalue weighted by Gasteiger charge is -2.09. The predicted octanol–water partition coefficient (Wildman–Crippen LogP) is 4.12. The molecule has 0 unspecified atom stereocenters. The molecular formula is C16H15N2O. The monoisotopic (exact) mass is 251 g/mol. The van der Waals surface area contributed by atoms with Gasteiger partial charge in [0, 0.05) is 16.5 Å². The lowest BCUT2D eigenvalue weighted by molar-refractivity contribution is 0.421. The molecule has 3 rings (SSSR count). The molecule has 2 heterocycles. The van der Waals surface area contributed by atoms with E-state index in [1.54, 1.807) is 6.26 Å². The Morgan fingerprint density at radius 3 is 2.79 bits per heavy atom. The molecule has 3 nitrogen and oxygen atoms in total. The highest BCUT2D eigenvalue weighted by Gasteiger charge is 2.18.